The molecule has 0 bridgehead atoms. The third-order valence-corrected chi connectivity index (χ3v) is 3.34. The summed E-state index contributed by atoms with van der Waals surface area (Å²) < 4.78 is 0.979. The lowest BCUT2D eigenvalue weighted by molar-refractivity contribution is 0.420. The van der Waals surface area contributed by atoms with Crippen LogP contribution in [0.4, 0.5) is 0 Å². The zero-order chi connectivity index (χ0) is 11.5. The fraction of sp³-hybridized carbons (Fsp3) is 0.0909. The third-order valence-electron chi connectivity index (χ3n) is 2.03. The zero-order valence-corrected chi connectivity index (χ0v) is 9.72. The van der Waals surface area contributed by atoms with Gasteiger partial charge in [0.25, 0.3) is 0 Å². The lowest BCUT2D eigenvalue weighted by Gasteiger charge is -1.95. The molecule has 16 heavy (non-hydrogen) atoms. The Kier molecular flexibility index (Phi) is 3.09. The Morgan fingerprint density at radius 2 is 2.25 bits per heavy atom. The van der Waals surface area contributed by atoms with E-state index in [1.54, 1.807) is 0 Å². The molecule has 0 radical (unpaired) electrons. The molecular formula is C11H7ClN2OS. The van der Waals surface area contributed by atoms with E-state index in [1.165, 1.54) is 11.3 Å². The first-order valence-corrected chi connectivity index (χ1v) is 5.85. The summed E-state index contributed by atoms with van der Waals surface area (Å²) in [6, 6.07) is 9.49. The van der Waals surface area contributed by atoms with Gasteiger partial charge in [-0.05, 0) is 12.1 Å². The molecule has 80 valence electrons. The molecular weight excluding hydrogens is 244 g/mol. The van der Waals surface area contributed by atoms with Crippen molar-refractivity contribution in [2.75, 3.05) is 5.88 Å². The van der Waals surface area contributed by atoms with Crippen molar-refractivity contribution in [2.24, 2.45) is 0 Å². The van der Waals surface area contributed by atoms with Crippen molar-refractivity contribution in [1.82, 2.24) is 4.98 Å². The molecule has 0 saturated carbocycles. The van der Waals surface area contributed by atoms with E-state index >= 15 is 0 Å². The predicted octanol–water partition coefficient (Wildman–Crippen LogP) is 3.33. The molecule has 1 aromatic carbocycles. The Bertz CT molecular complexity index is 564. The van der Waals surface area contributed by atoms with Crippen LogP contribution in [-0.2, 0) is 0 Å². The number of aliphatic hydroxyl groups is 1. The number of allylic oxidation sites excluding steroid dienone is 2. The fourth-order valence-corrected chi connectivity index (χ4v) is 2.40. The standard InChI is InChI=1S/C11H7ClN2OS/c12-5-9(15)7(6-13)11-14-8-3-1-2-4-10(8)16-11/h1-4,15H,5H2. The minimum atomic E-state index is -0.136. The SMILES string of the molecule is N#CC(=C(O)CCl)c1nc2ccccc2s1. The Labute approximate surface area is 101 Å². The molecule has 0 aliphatic heterocycles. The highest BCUT2D eigenvalue weighted by atomic mass is 35.5. The van der Waals surface area contributed by atoms with Gasteiger partial charge in [-0.3, -0.25) is 0 Å². The number of nitrogens with zero attached hydrogens (tertiary/aromatic N) is 2. The van der Waals surface area contributed by atoms with Crippen LogP contribution in [-0.4, -0.2) is 16.0 Å². The minimum Gasteiger partial charge on any atom is -0.510 e. The second-order valence-electron chi connectivity index (χ2n) is 3.05. The molecule has 1 N–H and O–H groups in total. The Hall–Kier alpha value is -1.57. The van der Waals surface area contributed by atoms with Crippen LogP contribution in [0.25, 0.3) is 15.8 Å². The monoisotopic (exact) mass is 250 g/mol. The molecule has 3 nitrogen and oxygen atoms in total. The average molecular weight is 251 g/mol. The molecule has 2 rings (SSSR count). The van der Waals surface area contributed by atoms with Gasteiger partial charge >= 0.3 is 0 Å². The van der Waals surface area contributed by atoms with Gasteiger partial charge in [-0.15, -0.1) is 22.9 Å². The highest BCUT2D eigenvalue weighted by Crippen LogP contribution is 2.28. The van der Waals surface area contributed by atoms with Crippen LogP contribution < -0.4 is 0 Å². The first-order valence-electron chi connectivity index (χ1n) is 4.50. The van der Waals surface area contributed by atoms with Crippen LogP contribution in [0.1, 0.15) is 5.01 Å². The third kappa shape index (κ3) is 1.87. The number of hydrogen-bond acceptors (Lipinski definition) is 4. The Morgan fingerprint density at radius 3 is 2.88 bits per heavy atom. The van der Waals surface area contributed by atoms with E-state index in [1.807, 2.05) is 30.3 Å². The first kappa shape index (κ1) is 10.9. The quantitative estimate of drug-likeness (QED) is 0.505. The molecule has 0 aliphatic carbocycles. The molecule has 0 aliphatic rings. The highest BCUT2D eigenvalue weighted by molar-refractivity contribution is 7.19. The van der Waals surface area contributed by atoms with Gasteiger partial charge in [0.1, 0.15) is 22.4 Å². The molecule has 0 amide bonds. The molecule has 5 heteroatoms. The number of benzene rings is 1. The number of alkyl halides is 1. The Balaban J connectivity index is 2.60. The van der Waals surface area contributed by atoms with E-state index in [0.29, 0.717) is 5.01 Å². The van der Waals surface area contributed by atoms with E-state index in [0.717, 1.165) is 10.2 Å². The maximum Gasteiger partial charge on any atom is 0.138 e. The van der Waals surface area contributed by atoms with E-state index < -0.39 is 0 Å². The van der Waals surface area contributed by atoms with Crippen molar-refractivity contribution >= 4 is 38.7 Å². The normalized spacial score (nSPS) is 12.2. The van der Waals surface area contributed by atoms with Gasteiger partial charge in [-0.25, -0.2) is 4.98 Å². The summed E-state index contributed by atoms with van der Waals surface area (Å²) in [4.78, 5) is 4.27. The van der Waals surface area contributed by atoms with Crippen LogP contribution in [0.15, 0.2) is 30.0 Å². The number of thiazole rings is 1. The zero-order valence-electron chi connectivity index (χ0n) is 8.14. The van der Waals surface area contributed by atoms with Gasteiger partial charge in [0.05, 0.1) is 16.1 Å². The summed E-state index contributed by atoms with van der Waals surface area (Å²) >= 11 is 6.86. The number of nitriles is 1. The first-order chi connectivity index (χ1) is 7.76. The lowest BCUT2D eigenvalue weighted by atomic mass is 10.2. The number of halogens is 1. The number of para-hydroxylation sites is 1. The summed E-state index contributed by atoms with van der Waals surface area (Å²) in [6.45, 7) is 0. The number of aliphatic hydroxyl groups excluding tert-OH is 1. The van der Waals surface area contributed by atoms with Gasteiger partial charge in [0.15, 0.2) is 0 Å². The maximum absolute atomic E-state index is 9.49. The van der Waals surface area contributed by atoms with Gasteiger partial charge in [-0.1, -0.05) is 12.1 Å². The molecule has 1 heterocycles. The maximum atomic E-state index is 9.49. The van der Waals surface area contributed by atoms with Crippen molar-refractivity contribution in [3.8, 4) is 6.07 Å². The van der Waals surface area contributed by atoms with Crippen molar-refractivity contribution in [3.63, 3.8) is 0 Å². The van der Waals surface area contributed by atoms with Crippen molar-refractivity contribution in [3.05, 3.63) is 35.0 Å². The van der Waals surface area contributed by atoms with E-state index in [4.69, 9.17) is 16.9 Å². The number of fused-ring (bicyclic) bond motifs is 1. The molecule has 0 unspecified atom stereocenters. The molecule has 0 fully saturated rings. The van der Waals surface area contributed by atoms with Crippen LogP contribution in [0, 0.1) is 11.3 Å². The lowest BCUT2D eigenvalue weighted by Crippen LogP contribution is -1.89. The molecule has 2 aromatic rings. The van der Waals surface area contributed by atoms with E-state index in [2.05, 4.69) is 4.98 Å². The van der Waals surface area contributed by atoms with Gasteiger partial charge in [0, 0.05) is 0 Å². The fourth-order valence-electron chi connectivity index (χ4n) is 1.28. The number of rotatable bonds is 2. The van der Waals surface area contributed by atoms with Crippen LogP contribution in [0.3, 0.4) is 0 Å². The number of aromatic nitrogens is 1. The second-order valence-corrected chi connectivity index (χ2v) is 4.35. The average Bonchev–Trinajstić information content (AvgIpc) is 2.72. The number of hydrogen-bond donors (Lipinski definition) is 1. The molecule has 0 spiro atoms. The summed E-state index contributed by atoms with van der Waals surface area (Å²) in [7, 11) is 0. The van der Waals surface area contributed by atoms with E-state index in [9.17, 15) is 5.11 Å². The van der Waals surface area contributed by atoms with Crippen LogP contribution >= 0.6 is 22.9 Å². The predicted molar refractivity (Wildman–Crippen MR) is 65.5 cm³/mol. The van der Waals surface area contributed by atoms with Crippen LogP contribution in [0.5, 0.6) is 0 Å². The summed E-state index contributed by atoms with van der Waals surface area (Å²) in [6.07, 6.45) is 0. The second kappa shape index (κ2) is 4.52. The highest BCUT2D eigenvalue weighted by Gasteiger charge is 2.12. The van der Waals surface area contributed by atoms with Crippen LogP contribution in [0.2, 0.25) is 0 Å². The Morgan fingerprint density at radius 1 is 1.50 bits per heavy atom. The van der Waals surface area contributed by atoms with Gasteiger partial charge in [-0.2, -0.15) is 5.26 Å². The largest absolute Gasteiger partial charge is 0.510 e. The van der Waals surface area contributed by atoms with Crippen molar-refractivity contribution < 1.29 is 5.11 Å². The molecule has 0 atom stereocenters. The minimum absolute atomic E-state index is 0.0845. The molecule has 0 saturated heterocycles. The van der Waals surface area contributed by atoms with Crippen molar-refractivity contribution in [2.45, 2.75) is 0 Å². The van der Waals surface area contributed by atoms with Crippen molar-refractivity contribution in [1.29, 1.82) is 5.26 Å². The van der Waals surface area contributed by atoms with E-state index in [-0.39, 0.29) is 17.2 Å². The summed E-state index contributed by atoms with van der Waals surface area (Å²) in [5.41, 5.74) is 0.967. The van der Waals surface area contributed by atoms with Gasteiger partial charge in [0.2, 0.25) is 0 Å². The topological polar surface area (TPSA) is 56.9 Å². The summed E-state index contributed by atoms with van der Waals surface area (Å²) in [5, 5.41) is 18.9. The van der Waals surface area contributed by atoms with Gasteiger partial charge < -0.3 is 5.11 Å². The molecule has 1 aromatic heterocycles. The smallest absolute Gasteiger partial charge is 0.138 e. The summed E-state index contributed by atoms with van der Waals surface area (Å²) in [5.74, 6) is -0.220.